The summed E-state index contributed by atoms with van der Waals surface area (Å²) in [5.74, 6) is -0.935. The molecule has 0 bridgehead atoms. The van der Waals surface area contributed by atoms with Crippen LogP contribution in [-0.4, -0.2) is 48.8 Å². The Morgan fingerprint density at radius 3 is 1.70 bits per heavy atom. The summed E-state index contributed by atoms with van der Waals surface area (Å²) in [4.78, 5) is 9.60. The van der Waals surface area contributed by atoms with Crippen molar-refractivity contribution in [1.82, 2.24) is 0 Å². The molecule has 0 spiro atoms. The van der Waals surface area contributed by atoms with Crippen LogP contribution in [0.4, 0.5) is 0 Å². The van der Waals surface area contributed by atoms with Crippen molar-refractivity contribution in [3.05, 3.63) is 31.0 Å². The van der Waals surface area contributed by atoms with Crippen molar-refractivity contribution in [2.24, 2.45) is 0 Å². The van der Waals surface area contributed by atoms with Crippen LogP contribution < -0.4 is 0 Å². The molecule has 2 nitrogen and oxygen atoms in total. The molecule has 0 aromatic heterocycles. The third kappa shape index (κ3) is 24.5. The van der Waals surface area contributed by atoms with Crippen molar-refractivity contribution in [3.63, 3.8) is 0 Å². The molecule has 0 aliphatic heterocycles. The van der Waals surface area contributed by atoms with Gasteiger partial charge in [-0.2, -0.15) is 0 Å². The fourth-order valence-corrected chi connectivity index (χ4v) is 0. The molecule has 1 N–H and O–H groups in total. The van der Waals surface area contributed by atoms with E-state index in [4.69, 9.17) is 5.11 Å². The van der Waals surface area contributed by atoms with E-state index < -0.39 is 5.97 Å². The maximum absolute atomic E-state index is 9.60. The fraction of sp³-hybridized carbons (Fsp3) is 0.143. The molecule has 0 aromatic carbocycles. The fourth-order valence-electron chi connectivity index (χ4n) is 0. The summed E-state index contributed by atoms with van der Waals surface area (Å²) in [5, 5.41) is 7.89. The van der Waals surface area contributed by atoms with Crippen LogP contribution in [0.3, 0.4) is 0 Å². The van der Waals surface area contributed by atoms with Gasteiger partial charge in [-0.05, 0) is 6.92 Å². The van der Waals surface area contributed by atoms with Crippen LogP contribution in [0.25, 0.3) is 0 Å². The molecule has 0 fully saturated rings. The average molecular weight is 168 g/mol. The summed E-state index contributed by atoms with van der Waals surface area (Å²) in [7, 11) is 0. The zero-order chi connectivity index (χ0) is 7.86. The first-order valence-corrected chi connectivity index (χ1v) is 2.24. The van der Waals surface area contributed by atoms with Crippen LogP contribution in [0.5, 0.6) is 0 Å². The number of hydrogen-bond acceptors (Lipinski definition) is 1. The Morgan fingerprint density at radius 2 is 1.70 bits per heavy atom. The summed E-state index contributed by atoms with van der Waals surface area (Å²) >= 11 is 0. The maximum atomic E-state index is 9.60. The molecule has 0 aliphatic rings. The van der Waals surface area contributed by atoms with Crippen LogP contribution in [0, 0.1) is 0 Å². The minimum Gasteiger partial charge on any atom is -1.00 e. The molecular weight excluding hydrogens is 156 g/mol. The molecule has 0 amide bonds. The Hall–Kier alpha value is -0.0103. The molecule has 10 heavy (non-hydrogen) atoms. The van der Waals surface area contributed by atoms with Gasteiger partial charge in [0.1, 0.15) is 0 Å². The van der Waals surface area contributed by atoms with E-state index in [1.807, 2.05) is 0 Å². The summed E-state index contributed by atoms with van der Waals surface area (Å²) in [6.45, 7) is 10.9. The van der Waals surface area contributed by atoms with Crippen molar-refractivity contribution in [3.8, 4) is 0 Å². The third-order valence-electron chi connectivity index (χ3n) is 0.365. The number of carboxylic acid groups (broad SMARTS) is 1. The van der Waals surface area contributed by atoms with Gasteiger partial charge in [-0.15, -0.1) is 5.73 Å². The van der Waals surface area contributed by atoms with Crippen molar-refractivity contribution in [1.29, 1.82) is 0 Å². The Morgan fingerprint density at radius 1 is 1.60 bits per heavy atom. The number of carboxylic acids is 1. The van der Waals surface area contributed by atoms with Gasteiger partial charge in [-0.25, -0.2) is 4.79 Å². The second-order valence-electron chi connectivity index (χ2n) is 1.34. The van der Waals surface area contributed by atoms with E-state index in [1.54, 1.807) is 0 Å². The molecule has 0 heterocycles. The van der Waals surface area contributed by atoms with Crippen LogP contribution in [0.2, 0.25) is 0 Å². The van der Waals surface area contributed by atoms with Gasteiger partial charge < -0.3 is 7.96 Å². The van der Waals surface area contributed by atoms with Gasteiger partial charge in [0.2, 0.25) is 0 Å². The summed E-state index contributed by atoms with van der Waals surface area (Å²) in [6, 6.07) is 0. The van der Waals surface area contributed by atoms with Crippen LogP contribution >= 0.6 is 0 Å². The van der Waals surface area contributed by atoms with Gasteiger partial charge in [-0.1, -0.05) is 19.7 Å². The van der Waals surface area contributed by atoms with Crippen LogP contribution in [0.15, 0.2) is 31.0 Å². The van der Waals surface area contributed by atoms with Crippen molar-refractivity contribution >= 4 is 43.7 Å². The monoisotopic (exact) mass is 168 g/mol. The molecule has 0 radical (unpaired) electrons. The Balaban J connectivity index is -0.0000000246. The smallest absolute Gasteiger partial charge is 1.00 e. The van der Waals surface area contributed by atoms with Gasteiger partial charge in [0.25, 0.3) is 0 Å². The van der Waals surface area contributed by atoms with E-state index in [1.165, 1.54) is 6.92 Å². The second-order valence-corrected chi connectivity index (χ2v) is 1.34. The number of hydrogen-bond donors (Lipinski definition) is 1. The van der Waals surface area contributed by atoms with E-state index >= 15 is 0 Å². The first-order valence-electron chi connectivity index (χ1n) is 2.24. The molecule has 0 saturated carbocycles. The largest absolute Gasteiger partial charge is 2.00 e. The molecule has 0 unspecified atom stereocenters. The number of rotatable bonds is 1. The Kier molecular flexibility index (Phi) is 19.4. The summed E-state index contributed by atoms with van der Waals surface area (Å²) < 4.78 is 0. The zero-order valence-electron chi connectivity index (χ0n) is 8.18. The zero-order valence-corrected chi connectivity index (χ0v) is 8.39. The Labute approximate surface area is 93.9 Å². The van der Waals surface area contributed by atoms with Gasteiger partial charge in [0.05, 0.1) is 0 Å². The predicted molar refractivity (Wildman–Crippen MR) is 45.2 cm³/mol. The third-order valence-corrected chi connectivity index (χ3v) is 0.365. The van der Waals surface area contributed by atoms with E-state index in [2.05, 4.69) is 25.5 Å². The Bertz CT molecular complexity index is 139. The van der Waals surface area contributed by atoms with Crippen molar-refractivity contribution < 1.29 is 12.8 Å². The van der Waals surface area contributed by atoms with E-state index in [9.17, 15) is 4.79 Å². The van der Waals surface area contributed by atoms with E-state index in [0.29, 0.717) is 0 Å². The maximum Gasteiger partial charge on any atom is 2.00 e. The van der Waals surface area contributed by atoms with E-state index in [0.717, 1.165) is 0 Å². The quantitative estimate of drug-likeness (QED) is 0.365. The molecule has 0 saturated heterocycles. The second kappa shape index (κ2) is 11.7. The minimum absolute atomic E-state index is 0. The molecule has 0 aliphatic carbocycles. The van der Waals surface area contributed by atoms with Gasteiger partial charge in [0, 0.05) is 5.57 Å². The molecule has 0 rings (SSSR count). The molecule has 3 heteroatoms. The number of carbonyl (C=O) groups is 1. The molecular formula is C7H12CaO2. The first kappa shape index (κ1) is 16.5. The average Bonchev–Trinajstić information content (AvgIpc) is 1.68. The standard InChI is InChI=1S/C4H6O2.C3H4.Ca.2H/c1-3(2)4(5)6;1-3-2;;;/h1H2,2H3,(H,5,6);1-2H2;;;/q;;+2;2*-1. The molecule has 54 valence electrons. The van der Waals surface area contributed by atoms with Crippen LogP contribution in [-0.2, 0) is 4.79 Å². The van der Waals surface area contributed by atoms with Gasteiger partial charge in [0.15, 0.2) is 0 Å². The van der Waals surface area contributed by atoms with Crippen molar-refractivity contribution in [2.75, 3.05) is 0 Å². The van der Waals surface area contributed by atoms with Gasteiger partial charge in [-0.3, -0.25) is 0 Å². The van der Waals surface area contributed by atoms with E-state index in [-0.39, 0.29) is 46.2 Å². The molecule has 0 aromatic rings. The SMILES string of the molecule is C=C(C)C(=O)O.C=C=C.[Ca+2].[H-].[H-]. The summed E-state index contributed by atoms with van der Waals surface area (Å²) in [5.41, 5.74) is 2.43. The van der Waals surface area contributed by atoms with Gasteiger partial charge >= 0.3 is 43.7 Å². The minimum atomic E-state index is -0.935. The van der Waals surface area contributed by atoms with Crippen molar-refractivity contribution in [2.45, 2.75) is 6.92 Å². The number of aliphatic carboxylic acids is 1. The first-order chi connectivity index (χ1) is 4.06. The normalized spacial score (nSPS) is 5.30. The topological polar surface area (TPSA) is 37.3 Å². The predicted octanol–water partition coefficient (Wildman–Crippen LogP) is 1.45. The molecule has 0 atom stereocenters. The van der Waals surface area contributed by atoms with Crippen LogP contribution in [0.1, 0.15) is 9.78 Å². The summed E-state index contributed by atoms with van der Waals surface area (Å²) in [6.07, 6.45) is 0.